The molecule has 1 fully saturated rings. The third kappa shape index (κ3) is 8.64. The molecule has 1 N–H and O–H groups in total. The molecule has 0 radical (unpaired) electrons. The van der Waals surface area contributed by atoms with Gasteiger partial charge in [-0.25, -0.2) is 19.2 Å². The Morgan fingerprint density at radius 2 is 1.89 bits per heavy atom. The molecule has 0 aliphatic carbocycles. The zero-order valence-electron chi connectivity index (χ0n) is 26.8. The van der Waals surface area contributed by atoms with Crippen LogP contribution in [0.3, 0.4) is 0 Å². The molecule has 0 bridgehead atoms. The monoisotopic (exact) mass is 608 g/mol. The van der Waals surface area contributed by atoms with Gasteiger partial charge in [-0.2, -0.15) is 4.98 Å². The van der Waals surface area contributed by atoms with Gasteiger partial charge in [0.05, 0.1) is 12.2 Å². The number of guanidine groups is 1. The predicted octanol–water partition coefficient (Wildman–Crippen LogP) is 5.80. The third-order valence-corrected chi connectivity index (χ3v) is 7.09. The lowest BCUT2D eigenvalue weighted by atomic mass is 10.1. The van der Waals surface area contributed by atoms with Crippen molar-refractivity contribution in [1.82, 2.24) is 34.9 Å². The summed E-state index contributed by atoms with van der Waals surface area (Å²) in [6.07, 6.45) is 4.95. The normalized spacial score (nSPS) is 15.9. The van der Waals surface area contributed by atoms with Crippen LogP contribution < -0.4 is 0 Å². The highest BCUT2D eigenvalue weighted by Gasteiger charge is 2.39. The molecule has 3 heterocycles. The van der Waals surface area contributed by atoms with E-state index in [1.54, 1.807) is 41.5 Å². The van der Waals surface area contributed by atoms with Crippen LogP contribution in [0.15, 0.2) is 40.0 Å². The number of aromatic nitrogens is 5. The zero-order chi connectivity index (χ0) is 32.1. The second kappa shape index (κ2) is 13.6. The van der Waals surface area contributed by atoms with Gasteiger partial charge in [-0.1, -0.05) is 48.0 Å². The van der Waals surface area contributed by atoms with Crippen molar-refractivity contribution in [2.75, 3.05) is 6.54 Å². The molecule has 44 heavy (non-hydrogen) atoms. The standard InChI is InChI=1S/C31H44N8O5/c1-8-9-11-23-20-37(36-34-23)19-21-13-15-22(16-14-21)26-32-25(44-35-26)18-24-12-10-17-38(24)27(33-28(40)43-31(5,6)7)39(29(41)42)30(2,3)4/h13-16,20,24H,8-12,17-19H2,1-7H3,(H,41,42). The Bertz CT molecular complexity index is 1450. The number of carbonyl (C=O) groups excluding carboxylic acids is 1. The molecule has 2 amide bonds. The van der Waals surface area contributed by atoms with E-state index in [2.05, 4.69) is 32.4 Å². The van der Waals surface area contributed by atoms with Gasteiger partial charge in [-0.05, 0) is 72.8 Å². The lowest BCUT2D eigenvalue weighted by Crippen LogP contribution is -2.56. The van der Waals surface area contributed by atoms with Crippen molar-refractivity contribution in [3.63, 3.8) is 0 Å². The number of unbranched alkanes of at least 4 members (excludes halogenated alkanes) is 1. The van der Waals surface area contributed by atoms with Crippen molar-refractivity contribution in [3.8, 4) is 11.4 Å². The minimum atomic E-state index is -1.21. The van der Waals surface area contributed by atoms with Crippen LogP contribution in [-0.2, 0) is 24.1 Å². The molecule has 4 rings (SSSR count). The smallest absolute Gasteiger partial charge is 0.437 e. The molecule has 1 aliphatic rings. The van der Waals surface area contributed by atoms with Gasteiger partial charge in [-0.3, -0.25) is 0 Å². The Morgan fingerprint density at radius 1 is 1.16 bits per heavy atom. The van der Waals surface area contributed by atoms with Crippen molar-refractivity contribution < 1.29 is 24.0 Å². The van der Waals surface area contributed by atoms with E-state index in [9.17, 15) is 14.7 Å². The molecule has 1 atom stereocenters. The molecular formula is C31H44N8O5. The first-order chi connectivity index (χ1) is 20.7. The molecule has 1 unspecified atom stereocenters. The summed E-state index contributed by atoms with van der Waals surface area (Å²) in [4.78, 5) is 36.9. The first-order valence-electron chi connectivity index (χ1n) is 15.2. The number of benzene rings is 1. The zero-order valence-corrected chi connectivity index (χ0v) is 26.8. The van der Waals surface area contributed by atoms with Crippen LogP contribution in [-0.4, -0.2) is 81.9 Å². The van der Waals surface area contributed by atoms with Gasteiger partial charge in [-0.15, -0.1) is 10.1 Å². The minimum Gasteiger partial charge on any atom is -0.465 e. The third-order valence-electron chi connectivity index (χ3n) is 7.09. The van der Waals surface area contributed by atoms with Crippen molar-refractivity contribution in [1.29, 1.82) is 0 Å². The second-order valence-electron chi connectivity index (χ2n) is 13.1. The highest BCUT2D eigenvalue weighted by atomic mass is 16.6. The molecule has 0 saturated carbocycles. The Morgan fingerprint density at radius 3 is 2.52 bits per heavy atom. The summed E-state index contributed by atoms with van der Waals surface area (Å²) in [5.41, 5.74) is 1.24. The first kappa shape index (κ1) is 32.6. The molecule has 1 aliphatic heterocycles. The maximum Gasteiger partial charge on any atom is 0.437 e. The largest absolute Gasteiger partial charge is 0.465 e. The van der Waals surface area contributed by atoms with Crippen molar-refractivity contribution in [3.05, 3.63) is 47.6 Å². The van der Waals surface area contributed by atoms with Crippen molar-refractivity contribution in [2.45, 2.75) is 111 Å². The van der Waals surface area contributed by atoms with E-state index < -0.39 is 23.3 Å². The average Bonchev–Trinajstić information content (AvgIpc) is 3.67. The summed E-state index contributed by atoms with van der Waals surface area (Å²) in [7, 11) is 0. The van der Waals surface area contributed by atoms with Gasteiger partial charge in [0.2, 0.25) is 17.7 Å². The van der Waals surface area contributed by atoms with Gasteiger partial charge >= 0.3 is 12.2 Å². The van der Waals surface area contributed by atoms with E-state index in [0.29, 0.717) is 31.2 Å². The highest BCUT2D eigenvalue weighted by molar-refractivity contribution is 5.99. The summed E-state index contributed by atoms with van der Waals surface area (Å²) in [5, 5.41) is 22.8. The van der Waals surface area contributed by atoms with Gasteiger partial charge in [0.1, 0.15) is 5.60 Å². The van der Waals surface area contributed by atoms with Crippen LogP contribution in [0.5, 0.6) is 0 Å². The van der Waals surface area contributed by atoms with E-state index >= 15 is 0 Å². The first-order valence-corrected chi connectivity index (χ1v) is 15.2. The number of aryl methyl sites for hydroxylation is 1. The number of amides is 2. The minimum absolute atomic E-state index is 0.0296. The lowest BCUT2D eigenvalue weighted by Gasteiger charge is -2.39. The Kier molecular flexibility index (Phi) is 10.1. The predicted molar refractivity (Wildman–Crippen MR) is 164 cm³/mol. The number of hydrogen-bond acceptors (Lipinski definition) is 8. The van der Waals surface area contributed by atoms with Crippen LogP contribution in [0.1, 0.15) is 91.3 Å². The van der Waals surface area contributed by atoms with Crippen LogP contribution in [0, 0.1) is 0 Å². The van der Waals surface area contributed by atoms with Crippen LogP contribution >= 0.6 is 0 Å². The van der Waals surface area contributed by atoms with Crippen LogP contribution in [0.2, 0.25) is 0 Å². The number of carbonyl (C=O) groups is 2. The number of aliphatic imine (C=N–C) groups is 1. The maximum absolute atomic E-state index is 12.8. The second-order valence-corrected chi connectivity index (χ2v) is 13.1. The molecule has 13 heteroatoms. The number of ether oxygens (including phenoxy) is 1. The number of nitrogens with zero attached hydrogens (tertiary/aromatic N) is 8. The summed E-state index contributed by atoms with van der Waals surface area (Å²) >= 11 is 0. The molecular weight excluding hydrogens is 564 g/mol. The van der Waals surface area contributed by atoms with E-state index in [1.807, 2.05) is 40.0 Å². The molecule has 3 aromatic rings. The van der Waals surface area contributed by atoms with Crippen molar-refractivity contribution in [2.24, 2.45) is 4.99 Å². The van der Waals surface area contributed by atoms with Crippen LogP contribution in [0.4, 0.5) is 9.59 Å². The van der Waals surface area contributed by atoms with Gasteiger partial charge < -0.3 is 19.3 Å². The van der Waals surface area contributed by atoms with E-state index in [4.69, 9.17) is 9.26 Å². The Hall–Kier alpha value is -4.29. The van der Waals surface area contributed by atoms with Crippen LogP contribution in [0.25, 0.3) is 11.4 Å². The Balaban J connectivity index is 1.49. The number of hydrogen-bond donors (Lipinski definition) is 1. The summed E-state index contributed by atoms with van der Waals surface area (Å²) in [6.45, 7) is 13.8. The summed E-state index contributed by atoms with van der Waals surface area (Å²) in [6, 6.07) is 7.69. The number of likely N-dealkylation sites (tertiary alicyclic amines) is 1. The SMILES string of the molecule is CCCCc1cn(Cc2ccc(-c3noc(CC4CCCN4C(=NC(=O)OC(C)(C)C)N(C(=O)O)C(C)(C)C)n3)cc2)nn1. The molecule has 1 saturated heterocycles. The number of carboxylic acid groups (broad SMARTS) is 1. The maximum atomic E-state index is 12.8. The summed E-state index contributed by atoms with van der Waals surface area (Å²) in [5.74, 6) is 0.905. The molecule has 238 valence electrons. The van der Waals surface area contributed by atoms with E-state index in [-0.39, 0.29) is 12.0 Å². The average molecular weight is 609 g/mol. The fraction of sp³-hybridized carbons (Fsp3) is 0.581. The van der Waals surface area contributed by atoms with E-state index in [1.165, 1.54) is 0 Å². The van der Waals surface area contributed by atoms with Gasteiger partial charge in [0, 0.05) is 36.3 Å². The van der Waals surface area contributed by atoms with Gasteiger partial charge in [0.15, 0.2) is 0 Å². The highest BCUT2D eigenvalue weighted by Crippen LogP contribution is 2.27. The fourth-order valence-corrected chi connectivity index (χ4v) is 5.08. The van der Waals surface area contributed by atoms with Gasteiger partial charge in [0.25, 0.3) is 0 Å². The lowest BCUT2D eigenvalue weighted by molar-refractivity contribution is 0.0595. The summed E-state index contributed by atoms with van der Waals surface area (Å²) < 4.78 is 12.9. The molecule has 1 aromatic carbocycles. The topological polar surface area (TPSA) is 152 Å². The quantitative estimate of drug-likeness (QED) is 0.245. The Labute approximate surface area is 258 Å². The molecule has 13 nitrogen and oxygen atoms in total. The van der Waals surface area contributed by atoms with Crippen molar-refractivity contribution >= 4 is 18.1 Å². The fourth-order valence-electron chi connectivity index (χ4n) is 5.08. The molecule has 0 spiro atoms. The number of rotatable bonds is 8. The van der Waals surface area contributed by atoms with E-state index in [0.717, 1.165) is 53.8 Å². The molecule has 2 aromatic heterocycles.